The molecular weight excluding hydrogens is 344 g/mol. The number of terminal acetylenes is 1. The topological polar surface area (TPSA) is 59.3 Å². The molecule has 0 atom stereocenters. The Morgan fingerprint density at radius 3 is 2.73 bits per heavy atom. The molecule has 0 saturated carbocycles. The van der Waals surface area contributed by atoms with Crippen molar-refractivity contribution >= 4 is 34.2 Å². The molecular formula is C20H22N4OS. The zero-order chi connectivity index (χ0) is 18.7. The first-order chi connectivity index (χ1) is 12.5. The van der Waals surface area contributed by atoms with Crippen LogP contribution in [0, 0.1) is 19.3 Å². The fraction of sp³-hybridized carbons (Fsp3) is 0.350. The Morgan fingerprint density at radius 1 is 1.31 bits per heavy atom. The highest BCUT2D eigenvalue weighted by Gasteiger charge is 2.25. The molecule has 0 fully saturated rings. The zero-order valence-corrected chi connectivity index (χ0v) is 16.1. The predicted octanol–water partition coefficient (Wildman–Crippen LogP) is 3.59. The molecule has 0 aliphatic carbocycles. The molecule has 2 aromatic heterocycles. The second kappa shape index (κ2) is 7.38. The third-order valence-electron chi connectivity index (χ3n) is 4.77. The number of carbonyl (C=O) groups is 1. The van der Waals surface area contributed by atoms with E-state index in [1.807, 2.05) is 42.5 Å². The summed E-state index contributed by atoms with van der Waals surface area (Å²) in [5.41, 5.74) is 2.40. The molecule has 5 nitrogen and oxygen atoms in total. The van der Waals surface area contributed by atoms with Crippen LogP contribution in [0.2, 0.25) is 0 Å². The molecule has 2 heterocycles. The first-order valence-corrected chi connectivity index (χ1v) is 9.67. The molecule has 1 aromatic carbocycles. The summed E-state index contributed by atoms with van der Waals surface area (Å²) in [5, 5.41) is 13.4. The molecule has 0 aliphatic heterocycles. The lowest BCUT2D eigenvalue weighted by atomic mass is 9.94. The van der Waals surface area contributed by atoms with Gasteiger partial charge in [-0.05, 0) is 37.5 Å². The quantitative estimate of drug-likeness (QED) is 0.535. The number of thioether (sulfide) groups is 1. The fourth-order valence-corrected chi connectivity index (χ4v) is 3.82. The predicted molar refractivity (Wildman–Crippen MR) is 106 cm³/mol. The third-order valence-corrected chi connectivity index (χ3v) is 5.70. The van der Waals surface area contributed by atoms with E-state index in [-0.39, 0.29) is 11.7 Å². The van der Waals surface area contributed by atoms with Crippen LogP contribution >= 0.6 is 11.8 Å². The molecule has 0 unspecified atom stereocenters. The monoisotopic (exact) mass is 366 g/mol. The van der Waals surface area contributed by atoms with Gasteiger partial charge in [0.2, 0.25) is 5.91 Å². The van der Waals surface area contributed by atoms with E-state index < -0.39 is 5.54 Å². The third kappa shape index (κ3) is 3.27. The molecule has 134 valence electrons. The molecule has 1 N–H and O–H groups in total. The molecule has 0 bridgehead atoms. The largest absolute Gasteiger partial charge is 0.339 e. The highest BCUT2D eigenvalue weighted by molar-refractivity contribution is 7.99. The Balaban J connectivity index is 1.85. The maximum atomic E-state index is 12.4. The van der Waals surface area contributed by atoms with Crippen molar-refractivity contribution in [3.63, 3.8) is 0 Å². The second-order valence-corrected chi connectivity index (χ2v) is 7.23. The molecule has 6 heteroatoms. The molecule has 0 saturated heterocycles. The summed E-state index contributed by atoms with van der Waals surface area (Å²) in [5.74, 6) is 2.87. The first-order valence-electron chi connectivity index (χ1n) is 8.68. The number of fused-ring (bicyclic) bond motifs is 3. The van der Waals surface area contributed by atoms with E-state index in [1.54, 1.807) is 0 Å². The van der Waals surface area contributed by atoms with Crippen molar-refractivity contribution in [2.45, 2.75) is 44.3 Å². The van der Waals surface area contributed by atoms with Crippen LogP contribution in [-0.4, -0.2) is 31.8 Å². The Morgan fingerprint density at radius 2 is 2.04 bits per heavy atom. The summed E-state index contributed by atoms with van der Waals surface area (Å²) in [7, 11) is 0. The van der Waals surface area contributed by atoms with Crippen LogP contribution < -0.4 is 5.32 Å². The van der Waals surface area contributed by atoms with Crippen molar-refractivity contribution in [2.75, 3.05) is 5.75 Å². The summed E-state index contributed by atoms with van der Waals surface area (Å²) in [6.45, 7) is 6.03. The molecule has 0 radical (unpaired) electrons. The van der Waals surface area contributed by atoms with Gasteiger partial charge in [0, 0.05) is 5.39 Å². The second-order valence-electron chi connectivity index (χ2n) is 6.29. The standard InChI is InChI=1S/C20H22N4OS/c1-5-20(6-2,7-3)21-18(25)13-26-19-23-22-17-12-14(4)15-10-8-9-11-16(15)24(17)19/h1,8-12H,6-7,13H2,2-4H3,(H,21,25). The van der Waals surface area contributed by atoms with Crippen LogP contribution in [0.1, 0.15) is 32.3 Å². The number of aromatic nitrogens is 3. The van der Waals surface area contributed by atoms with Crippen molar-refractivity contribution in [2.24, 2.45) is 0 Å². The van der Waals surface area contributed by atoms with E-state index in [9.17, 15) is 4.79 Å². The summed E-state index contributed by atoms with van der Waals surface area (Å²) in [6.07, 6.45) is 7.03. The van der Waals surface area contributed by atoms with Gasteiger partial charge >= 0.3 is 0 Å². The molecule has 0 aliphatic rings. The van der Waals surface area contributed by atoms with E-state index >= 15 is 0 Å². The van der Waals surface area contributed by atoms with Gasteiger partial charge in [-0.3, -0.25) is 9.20 Å². The fourth-order valence-electron chi connectivity index (χ4n) is 3.07. The average molecular weight is 366 g/mol. The zero-order valence-electron chi connectivity index (χ0n) is 15.2. The number of aryl methyl sites for hydroxylation is 1. The summed E-state index contributed by atoms with van der Waals surface area (Å²) in [6, 6.07) is 10.1. The highest BCUT2D eigenvalue weighted by atomic mass is 32.2. The molecule has 0 spiro atoms. The smallest absolute Gasteiger partial charge is 0.231 e. The van der Waals surface area contributed by atoms with Gasteiger partial charge in [-0.2, -0.15) is 0 Å². The van der Waals surface area contributed by atoms with E-state index in [1.165, 1.54) is 11.8 Å². The van der Waals surface area contributed by atoms with Gasteiger partial charge in [-0.15, -0.1) is 16.6 Å². The summed E-state index contributed by atoms with van der Waals surface area (Å²) >= 11 is 1.37. The van der Waals surface area contributed by atoms with Gasteiger partial charge in [-0.1, -0.05) is 49.7 Å². The van der Waals surface area contributed by atoms with Gasteiger partial charge in [0.05, 0.1) is 11.3 Å². The van der Waals surface area contributed by atoms with Gasteiger partial charge in [0.1, 0.15) is 5.54 Å². The number of hydrogen-bond acceptors (Lipinski definition) is 4. The van der Waals surface area contributed by atoms with Crippen molar-refractivity contribution in [1.29, 1.82) is 0 Å². The van der Waals surface area contributed by atoms with Gasteiger partial charge < -0.3 is 5.32 Å². The Kier molecular flexibility index (Phi) is 5.19. The number of nitrogens with zero attached hydrogens (tertiary/aromatic N) is 3. The number of carbonyl (C=O) groups excluding carboxylic acids is 1. The van der Waals surface area contributed by atoms with Crippen molar-refractivity contribution < 1.29 is 4.79 Å². The lowest BCUT2D eigenvalue weighted by Crippen LogP contribution is -2.47. The lowest BCUT2D eigenvalue weighted by molar-refractivity contribution is -0.119. The molecule has 1 amide bonds. The molecule has 3 rings (SSSR count). The minimum atomic E-state index is -0.575. The summed E-state index contributed by atoms with van der Waals surface area (Å²) < 4.78 is 1.99. The van der Waals surface area contributed by atoms with Crippen LogP contribution in [0.15, 0.2) is 35.5 Å². The Bertz CT molecular complexity index is 998. The molecule has 26 heavy (non-hydrogen) atoms. The summed E-state index contributed by atoms with van der Waals surface area (Å²) in [4.78, 5) is 12.4. The number of amides is 1. The van der Waals surface area contributed by atoms with Crippen LogP contribution in [0.4, 0.5) is 0 Å². The normalized spacial score (nSPS) is 11.6. The maximum Gasteiger partial charge on any atom is 0.231 e. The lowest BCUT2D eigenvalue weighted by Gasteiger charge is -2.26. The SMILES string of the molecule is C#CC(CC)(CC)NC(=O)CSc1nnc2cc(C)c3ccccc3n12. The van der Waals surface area contributed by atoms with E-state index in [2.05, 4.69) is 34.4 Å². The minimum absolute atomic E-state index is 0.0928. The Hall–Kier alpha value is -2.52. The van der Waals surface area contributed by atoms with Crippen LogP contribution in [-0.2, 0) is 4.79 Å². The van der Waals surface area contributed by atoms with Crippen LogP contribution in [0.3, 0.4) is 0 Å². The van der Waals surface area contributed by atoms with Crippen molar-refractivity contribution in [1.82, 2.24) is 19.9 Å². The van der Waals surface area contributed by atoms with E-state index in [0.29, 0.717) is 18.0 Å². The Labute approximate surface area is 157 Å². The van der Waals surface area contributed by atoms with Crippen molar-refractivity contribution in [3.8, 4) is 12.3 Å². The van der Waals surface area contributed by atoms with Gasteiger partial charge in [0.25, 0.3) is 0 Å². The van der Waals surface area contributed by atoms with Gasteiger partial charge in [-0.25, -0.2) is 0 Å². The number of hydrogen-bond donors (Lipinski definition) is 1. The minimum Gasteiger partial charge on any atom is -0.339 e. The number of nitrogens with one attached hydrogen (secondary N) is 1. The van der Waals surface area contributed by atoms with Gasteiger partial charge in [0.15, 0.2) is 10.8 Å². The number of rotatable bonds is 6. The van der Waals surface area contributed by atoms with Crippen LogP contribution in [0.25, 0.3) is 16.6 Å². The molecule has 3 aromatic rings. The average Bonchev–Trinajstić information content (AvgIpc) is 3.08. The van der Waals surface area contributed by atoms with Crippen molar-refractivity contribution in [3.05, 3.63) is 35.9 Å². The highest BCUT2D eigenvalue weighted by Crippen LogP contribution is 2.25. The number of pyridine rings is 1. The maximum absolute atomic E-state index is 12.4. The first kappa shape index (κ1) is 18.3. The number of para-hydroxylation sites is 1. The number of benzene rings is 1. The van der Waals surface area contributed by atoms with E-state index in [0.717, 1.165) is 22.1 Å². The van der Waals surface area contributed by atoms with Crippen LogP contribution in [0.5, 0.6) is 0 Å². The van der Waals surface area contributed by atoms with E-state index in [4.69, 9.17) is 6.42 Å².